The van der Waals surface area contributed by atoms with Gasteiger partial charge < -0.3 is 4.74 Å². The van der Waals surface area contributed by atoms with Gasteiger partial charge in [-0.05, 0) is 42.8 Å². The Morgan fingerprint density at radius 1 is 0.852 bits per heavy atom. The number of ether oxygens (including phenoxy) is 1. The molecule has 0 atom stereocenters. The lowest BCUT2D eigenvalue weighted by molar-refractivity contribution is 0.101. The van der Waals surface area contributed by atoms with E-state index in [1.807, 2.05) is 6.07 Å². The van der Waals surface area contributed by atoms with Gasteiger partial charge in [0.25, 0.3) is 10.0 Å². The first kappa shape index (κ1) is 18.7. The maximum Gasteiger partial charge on any atom is 0.261 e. The summed E-state index contributed by atoms with van der Waals surface area (Å²) >= 11 is 0. The van der Waals surface area contributed by atoms with Crippen molar-refractivity contribution in [2.45, 2.75) is 11.8 Å². The van der Waals surface area contributed by atoms with Crippen LogP contribution in [0, 0.1) is 0 Å². The van der Waals surface area contributed by atoms with Gasteiger partial charge in [0.1, 0.15) is 5.75 Å². The zero-order valence-corrected chi connectivity index (χ0v) is 15.8. The summed E-state index contributed by atoms with van der Waals surface area (Å²) in [6.45, 7) is 1.49. The highest BCUT2D eigenvalue weighted by Gasteiger charge is 2.18. The molecule has 0 amide bonds. The fourth-order valence-electron chi connectivity index (χ4n) is 2.79. The molecule has 0 aromatic heterocycles. The third-order valence-electron chi connectivity index (χ3n) is 4.14. The standard InChI is InChI=1S/C21H19NO4S/c1-15(23)18-7-3-4-8-19(18)20-9-5-6-10-21(20)22-27(24,25)17-13-11-16(26-2)12-14-17/h3-14,22H,1-2H3. The van der Waals surface area contributed by atoms with Gasteiger partial charge in [0.2, 0.25) is 0 Å². The highest BCUT2D eigenvalue weighted by atomic mass is 32.2. The Hall–Kier alpha value is -3.12. The number of rotatable bonds is 6. The number of benzene rings is 3. The molecular formula is C21H19NO4S. The number of anilines is 1. The van der Waals surface area contributed by atoms with Crippen LogP contribution < -0.4 is 9.46 Å². The predicted octanol–water partition coefficient (Wildman–Crippen LogP) is 4.37. The summed E-state index contributed by atoms with van der Waals surface area (Å²) in [5, 5.41) is 0. The Morgan fingerprint density at radius 3 is 2.07 bits per heavy atom. The summed E-state index contributed by atoms with van der Waals surface area (Å²) in [6, 6.07) is 20.3. The molecular weight excluding hydrogens is 362 g/mol. The van der Waals surface area contributed by atoms with Crippen molar-refractivity contribution in [3.8, 4) is 16.9 Å². The van der Waals surface area contributed by atoms with Crippen molar-refractivity contribution in [2.75, 3.05) is 11.8 Å². The molecule has 1 N–H and O–H groups in total. The van der Waals surface area contributed by atoms with Crippen LogP contribution in [0.5, 0.6) is 5.75 Å². The molecule has 3 aromatic carbocycles. The van der Waals surface area contributed by atoms with Crippen molar-refractivity contribution < 1.29 is 17.9 Å². The normalized spacial score (nSPS) is 11.0. The first-order chi connectivity index (χ1) is 12.9. The summed E-state index contributed by atoms with van der Waals surface area (Å²) in [4.78, 5) is 12.1. The Labute approximate surface area is 158 Å². The van der Waals surface area contributed by atoms with Gasteiger partial charge in [-0.2, -0.15) is 0 Å². The summed E-state index contributed by atoms with van der Waals surface area (Å²) in [7, 11) is -2.27. The number of methoxy groups -OCH3 is 1. The number of sulfonamides is 1. The van der Waals surface area contributed by atoms with Crippen molar-refractivity contribution >= 4 is 21.5 Å². The van der Waals surface area contributed by atoms with E-state index in [4.69, 9.17) is 4.74 Å². The minimum absolute atomic E-state index is 0.0848. The van der Waals surface area contributed by atoms with Gasteiger partial charge in [-0.3, -0.25) is 9.52 Å². The molecule has 0 spiro atoms. The van der Waals surface area contributed by atoms with E-state index in [0.717, 1.165) is 0 Å². The van der Waals surface area contributed by atoms with Crippen molar-refractivity contribution in [3.05, 3.63) is 78.4 Å². The lowest BCUT2D eigenvalue weighted by Crippen LogP contribution is -2.13. The van der Waals surface area contributed by atoms with Crippen molar-refractivity contribution in [1.29, 1.82) is 0 Å². The first-order valence-corrected chi connectivity index (χ1v) is 9.77. The van der Waals surface area contributed by atoms with E-state index in [9.17, 15) is 13.2 Å². The molecule has 3 rings (SSSR count). The molecule has 0 bridgehead atoms. The molecule has 0 aliphatic rings. The third-order valence-corrected chi connectivity index (χ3v) is 5.52. The van der Waals surface area contributed by atoms with E-state index >= 15 is 0 Å². The van der Waals surface area contributed by atoms with Crippen LogP contribution in [0.2, 0.25) is 0 Å². The second kappa shape index (κ2) is 7.63. The van der Waals surface area contributed by atoms with Gasteiger partial charge in [0.15, 0.2) is 5.78 Å². The molecule has 0 unspecified atom stereocenters. The lowest BCUT2D eigenvalue weighted by Gasteiger charge is -2.15. The first-order valence-electron chi connectivity index (χ1n) is 8.28. The van der Waals surface area contributed by atoms with Gasteiger partial charge in [-0.25, -0.2) is 8.42 Å². The van der Waals surface area contributed by atoms with Gasteiger partial charge in [0.05, 0.1) is 17.7 Å². The number of para-hydroxylation sites is 1. The van der Waals surface area contributed by atoms with Gasteiger partial charge >= 0.3 is 0 Å². The molecule has 0 heterocycles. The van der Waals surface area contributed by atoms with Crippen LogP contribution in [0.3, 0.4) is 0 Å². The molecule has 0 fully saturated rings. The number of hydrogen-bond acceptors (Lipinski definition) is 4. The second-order valence-corrected chi connectivity index (χ2v) is 7.61. The quantitative estimate of drug-likeness (QED) is 0.644. The Balaban J connectivity index is 2.03. The van der Waals surface area contributed by atoms with Crippen molar-refractivity contribution in [1.82, 2.24) is 0 Å². The minimum Gasteiger partial charge on any atom is -0.497 e. The third kappa shape index (κ3) is 4.01. The zero-order valence-electron chi connectivity index (χ0n) is 15.0. The number of Topliss-reactive ketones (excluding diaryl/α,β-unsaturated/α-hetero) is 1. The maximum absolute atomic E-state index is 12.8. The summed E-state index contributed by atoms with van der Waals surface area (Å²) < 4.78 is 33.3. The molecule has 27 heavy (non-hydrogen) atoms. The number of carbonyl (C=O) groups is 1. The van der Waals surface area contributed by atoms with Gasteiger partial charge in [-0.1, -0.05) is 42.5 Å². The maximum atomic E-state index is 12.8. The van der Waals surface area contributed by atoms with E-state index in [1.165, 1.54) is 26.2 Å². The smallest absolute Gasteiger partial charge is 0.261 e. The highest BCUT2D eigenvalue weighted by molar-refractivity contribution is 7.92. The average Bonchev–Trinajstić information content (AvgIpc) is 2.68. The van der Waals surface area contributed by atoms with Crippen molar-refractivity contribution in [2.24, 2.45) is 0 Å². The second-order valence-electron chi connectivity index (χ2n) is 5.93. The van der Waals surface area contributed by atoms with E-state index in [-0.39, 0.29) is 10.7 Å². The van der Waals surface area contributed by atoms with Crippen LogP contribution in [0.25, 0.3) is 11.1 Å². The Morgan fingerprint density at radius 2 is 1.44 bits per heavy atom. The van der Waals surface area contributed by atoms with Crippen LogP contribution in [0.4, 0.5) is 5.69 Å². The number of carbonyl (C=O) groups excluding carboxylic acids is 1. The number of ketones is 1. The predicted molar refractivity (Wildman–Crippen MR) is 106 cm³/mol. The molecule has 0 radical (unpaired) electrons. The van der Waals surface area contributed by atoms with Gasteiger partial charge in [0, 0.05) is 11.1 Å². The Bertz CT molecular complexity index is 1070. The number of nitrogens with one attached hydrogen (secondary N) is 1. The van der Waals surface area contributed by atoms with E-state index in [2.05, 4.69) is 4.72 Å². The summed E-state index contributed by atoms with van der Waals surface area (Å²) in [6.07, 6.45) is 0. The molecule has 3 aromatic rings. The monoisotopic (exact) mass is 381 g/mol. The zero-order chi connectivity index (χ0) is 19.4. The van der Waals surface area contributed by atoms with Crippen molar-refractivity contribution in [3.63, 3.8) is 0 Å². The molecule has 0 saturated carbocycles. The minimum atomic E-state index is -3.79. The SMILES string of the molecule is COc1ccc(S(=O)(=O)Nc2ccccc2-c2ccccc2C(C)=O)cc1. The average molecular weight is 381 g/mol. The van der Waals surface area contributed by atoms with E-state index in [1.54, 1.807) is 54.6 Å². The molecule has 0 aliphatic heterocycles. The van der Waals surface area contributed by atoms with Crippen LogP contribution in [-0.4, -0.2) is 21.3 Å². The number of hydrogen-bond donors (Lipinski definition) is 1. The molecule has 0 saturated heterocycles. The highest BCUT2D eigenvalue weighted by Crippen LogP contribution is 2.32. The molecule has 5 nitrogen and oxygen atoms in total. The topological polar surface area (TPSA) is 72.5 Å². The summed E-state index contributed by atoms with van der Waals surface area (Å²) in [5.41, 5.74) is 2.26. The van der Waals surface area contributed by atoms with Gasteiger partial charge in [-0.15, -0.1) is 0 Å². The Kier molecular flexibility index (Phi) is 5.28. The molecule has 6 heteroatoms. The van der Waals surface area contributed by atoms with E-state index in [0.29, 0.717) is 28.1 Å². The molecule has 0 aliphatic carbocycles. The fraction of sp³-hybridized carbons (Fsp3) is 0.0952. The van der Waals surface area contributed by atoms with Crippen LogP contribution >= 0.6 is 0 Å². The fourth-order valence-corrected chi connectivity index (χ4v) is 3.87. The summed E-state index contributed by atoms with van der Waals surface area (Å²) in [5.74, 6) is 0.489. The van der Waals surface area contributed by atoms with Crippen LogP contribution in [0.15, 0.2) is 77.7 Å². The largest absolute Gasteiger partial charge is 0.497 e. The van der Waals surface area contributed by atoms with Crippen LogP contribution in [-0.2, 0) is 10.0 Å². The van der Waals surface area contributed by atoms with E-state index < -0.39 is 10.0 Å². The molecule has 138 valence electrons. The van der Waals surface area contributed by atoms with Crippen LogP contribution in [0.1, 0.15) is 17.3 Å². The lowest BCUT2D eigenvalue weighted by atomic mass is 9.96.